The van der Waals surface area contributed by atoms with Gasteiger partial charge < -0.3 is 13.9 Å². The van der Waals surface area contributed by atoms with Crippen molar-refractivity contribution in [2.24, 2.45) is 0 Å². The van der Waals surface area contributed by atoms with Crippen LogP contribution in [0.1, 0.15) is 27.2 Å². The molecule has 8 nitrogen and oxygen atoms in total. The third-order valence-corrected chi connectivity index (χ3v) is 3.37. The molecular formula is C16H15NO7. The van der Waals surface area contributed by atoms with Gasteiger partial charge in [-0.25, -0.2) is 9.59 Å². The zero-order chi connectivity index (χ0) is 17.9. The molecule has 0 saturated heterocycles. The second-order valence-electron chi connectivity index (χ2n) is 5.01. The molecular weight excluding hydrogens is 318 g/mol. The van der Waals surface area contributed by atoms with Crippen molar-refractivity contribution in [3.8, 4) is 5.75 Å². The maximum absolute atomic E-state index is 12.2. The Hall–Kier alpha value is -3.16. The molecule has 0 amide bonds. The summed E-state index contributed by atoms with van der Waals surface area (Å²) in [6.07, 6.45) is 0. The third kappa shape index (κ3) is 3.60. The standard InChI is InChI=1S/C16H15NO7/c1-9-6-14(18)24-10(2)15(9)16(19)23-8-11-7-12(17(20)21)4-5-13(11)22-3/h4-7H,8H2,1-3H3. The van der Waals surface area contributed by atoms with Gasteiger partial charge in [0.15, 0.2) is 0 Å². The number of rotatable bonds is 5. The number of hydrogen-bond acceptors (Lipinski definition) is 7. The van der Waals surface area contributed by atoms with Crippen molar-refractivity contribution in [2.45, 2.75) is 20.5 Å². The molecule has 24 heavy (non-hydrogen) atoms. The molecule has 1 aromatic heterocycles. The Labute approximate surface area is 136 Å². The van der Waals surface area contributed by atoms with Gasteiger partial charge in [-0.1, -0.05) is 0 Å². The molecule has 1 heterocycles. The molecule has 0 spiro atoms. The quantitative estimate of drug-likeness (QED) is 0.470. The molecule has 0 aliphatic heterocycles. The van der Waals surface area contributed by atoms with E-state index in [4.69, 9.17) is 13.9 Å². The number of benzene rings is 1. The normalized spacial score (nSPS) is 10.3. The second kappa shape index (κ2) is 6.95. The number of methoxy groups -OCH3 is 1. The van der Waals surface area contributed by atoms with Crippen LogP contribution >= 0.6 is 0 Å². The number of nitrogens with zero attached hydrogens (tertiary/aromatic N) is 1. The first-order chi connectivity index (χ1) is 11.3. The molecule has 0 N–H and O–H groups in total. The van der Waals surface area contributed by atoms with Crippen LogP contribution in [0.3, 0.4) is 0 Å². The molecule has 1 aromatic carbocycles. The molecule has 0 bridgehead atoms. The minimum Gasteiger partial charge on any atom is -0.496 e. The van der Waals surface area contributed by atoms with Crippen LogP contribution in [0.25, 0.3) is 0 Å². The summed E-state index contributed by atoms with van der Waals surface area (Å²) >= 11 is 0. The smallest absolute Gasteiger partial charge is 0.342 e. The van der Waals surface area contributed by atoms with Gasteiger partial charge in [0.05, 0.1) is 12.0 Å². The van der Waals surface area contributed by atoms with E-state index in [0.717, 1.165) is 0 Å². The second-order valence-corrected chi connectivity index (χ2v) is 5.01. The summed E-state index contributed by atoms with van der Waals surface area (Å²) in [4.78, 5) is 33.8. The monoisotopic (exact) mass is 333 g/mol. The third-order valence-electron chi connectivity index (χ3n) is 3.37. The molecule has 0 unspecified atom stereocenters. The van der Waals surface area contributed by atoms with Crippen molar-refractivity contribution in [1.82, 2.24) is 0 Å². The average Bonchev–Trinajstić information content (AvgIpc) is 2.51. The molecule has 0 atom stereocenters. The van der Waals surface area contributed by atoms with Gasteiger partial charge in [-0.2, -0.15) is 0 Å². The first-order valence-electron chi connectivity index (χ1n) is 6.93. The Morgan fingerprint density at radius 2 is 2.00 bits per heavy atom. The molecule has 0 aliphatic carbocycles. The SMILES string of the molecule is COc1ccc([N+](=O)[O-])cc1COC(=O)c1c(C)cc(=O)oc1C. The van der Waals surface area contributed by atoms with Gasteiger partial charge in [0, 0.05) is 23.8 Å². The van der Waals surface area contributed by atoms with Gasteiger partial charge in [-0.3, -0.25) is 10.1 Å². The number of aryl methyl sites for hydroxylation is 2. The van der Waals surface area contributed by atoms with Crippen LogP contribution in [0.15, 0.2) is 33.5 Å². The van der Waals surface area contributed by atoms with E-state index in [-0.39, 0.29) is 23.6 Å². The predicted octanol–water partition coefficient (Wildman–Crippen LogP) is 2.53. The van der Waals surface area contributed by atoms with E-state index in [1.165, 1.54) is 38.3 Å². The molecule has 0 radical (unpaired) electrons. The highest BCUT2D eigenvalue weighted by atomic mass is 16.6. The van der Waals surface area contributed by atoms with Crippen molar-refractivity contribution in [1.29, 1.82) is 0 Å². The zero-order valence-corrected chi connectivity index (χ0v) is 13.3. The van der Waals surface area contributed by atoms with Crippen LogP contribution < -0.4 is 10.4 Å². The molecule has 0 aliphatic rings. The largest absolute Gasteiger partial charge is 0.496 e. The van der Waals surface area contributed by atoms with Gasteiger partial charge in [0.25, 0.3) is 5.69 Å². The summed E-state index contributed by atoms with van der Waals surface area (Å²) in [5.41, 5.74) is 0.244. The fraction of sp³-hybridized carbons (Fsp3) is 0.250. The minimum absolute atomic E-state index is 0.139. The van der Waals surface area contributed by atoms with Gasteiger partial charge in [-0.15, -0.1) is 0 Å². The Morgan fingerprint density at radius 1 is 1.29 bits per heavy atom. The van der Waals surface area contributed by atoms with Crippen molar-refractivity contribution < 1.29 is 23.6 Å². The Kier molecular flexibility index (Phi) is 4.98. The lowest BCUT2D eigenvalue weighted by Crippen LogP contribution is -2.13. The summed E-state index contributed by atoms with van der Waals surface area (Å²) in [6.45, 7) is 2.86. The highest BCUT2D eigenvalue weighted by Crippen LogP contribution is 2.25. The summed E-state index contributed by atoms with van der Waals surface area (Å²) < 4.78 is 15.2. The number of nitro benzene ring substituents is 1. The zero-order valence-electron chi connectivity index (χ0n) is 13.3. The minimum atomic E-state index is -0.692. The average molecular weight is 333 g/mol. The highest BCUT2D eigenvalue weighted by Gasteiger charge is 2.18. The van der Waals surface area contributed by atoms with E-state index in [9.17, 15) is 19.7 Å². The number of carbonyl (C=O) groups is 1. The molecule has 8 heteroatoms. The number of non-ortho nitro benzene ring substituents is 1. The fourth-order valence-electron chi connectivity index (χ4n) is 2.27. The van der Waals surface area contributed by atoms with Gasteiger partial charge in [0.2, 0.25) is 0 Å². The van der Waals surface area contributed by atoms with Crippen LogP contribution in [0.2, 0.25) is 0 Å². The highest BCUT2D eigenvalue weighted by molar-refractivity contribution is 5.91. The molecule has 2 aromatic rings. The number of carbonyl (C=O) groups excluding carboxylic acids is 1. The number of esters is 1. The van der Waals surface area contributed by atoms with Crippen molar-refractivity contribution in [3.05, 3.63) is 67.3 Å². The summed E-state index contributed by atoms with van der Waals surface area (Å²) in [5.74, 6) is -0.181. The van der Waals surface area contributed by atoms with Crippen molar-refractivity contribution in [2.75, 3.05) is 7.11 Å². The van der Waals surface area contributed by atoms with Crippen molar-refractivity contribution in [3.63, 3.8) is 0 Å². The topological polar surface area (TPSA) is 109 Å². The van der Waals surface area contributed by atoms with Crippen LogP contribution in [-0.4, -0.2) is 18.0 Å². The van der Waals surface area contributed by atoms with E-state index in [1.807, 2.05) is 0 Å². The molecule has 126 valence electrons. The Morgan fingerprint density at radius 3 is 2.58 bits per heavy atom. The number of ether oxygens (including phenoxy) is 2. The number of nitro groups is 1. The Bertz CT molecular complexity index is 828. The van der Waals surface area contributed by atoms with E-state index in [1.54, 1.807) is 6.92 Å². The van der Waals surface area contributed by atoms with Crippen LogP contribution in [0.5, 0.6) is 5.75 Å². The maximum Gasteiger partial charge on any atom is 0.342 e. The van der Waals surface area contributed by atoms with E-state index in [0.29, 0.717) is 16.9 Å². The van der Waals surface area contributed by atoms with E-state index in [2.05, 4.69) is 0 Å². The predicted molar refractivity (Wildman–Crippen MR) is 83.2 cm³/mol. The Balaban J connectivity index is 2.25. The lowest BCUT2D eigenvalue weighted by molar-refractivity contribution is -0.385. The summed E-state index contributed by atoms with van der Waals surface area (Å²) in [6, 6.07) is 5.19. The van der Waals surface area contributed by atoms with E-state index < -0.39 is 16.5 Å². The number of hydrogen-bond donors (Lipinski definition) is 0. The first-order valence-corrected chi connectivity index (χ1v) is 6.93. The molecule has 0 fully saturated rings. The van der Waals surface area contributed by atoms with Crippen LogP contribution in [0.4, 0.5) is 5.69 Å². The first kappa shape index (κ1) is 17.2. The summed E-state index contributed by atoms with van der Waals surface area (Å²) in [7, 11) is 1.41. The van der Waals surface area contributed by atoms with Crippen LogP contribution in [0, 0.1) is 24.0 Å². The van der Waals surface area contributed by atoms with Crippen LogP contribution in [-0.2, 0) is 11.3 Å². The molecule has 0 saturated carbocycles. The lowest BCUT2D eigenvalue weighted by atomic mass is 10.1. The van der Waals surface area contributed by atoms with E-state index >= 15 is 0 Å². The molecule has 2 rings (SSSR count). The van der Waals surface area contributed by atoms with Gasteiger partial charge in [0.1, 0.15) is 23.7 Å². The fourth-order valence-corrected chi connectivity index (χ4v) is 2.27. The van der Waals surface area contributed by atoms with Gasteiger partial charge in [-0.05, 0) is 25.5 Å². The van der Waals surface area contributed by atoms with Gasteiger partial charge >= 0.3 is 11.6 Å². The maximum atomic E-state index is 12.2. The summed E-state index contributed by atoms with van der Waals surface area (Å²) in [5, 5.41) is 10.8. The van der Waals surface area contributed by atoms with Crippen molar-refractivity contribution >= 4 is 11.7 Å². The lowest BCUT2D eigenvalue weighted by Gasteiger charge is -2.11.